The zero-order valence-corrected chi connectivity index (χ0v) is 15.7. The van der Waals surface area contributed by atoms with Crippen LogP contribution in [0, 0.1) is 11.3 Å². The van der Waals surface area contributed by atoms with E-state index in [0.29, 0.717) is 17.2 Å². The van der Waals surface area contributed by atoms with Crippen LogP contribution in [-0.4, -0.2) is 29.3 Å². The molecule has 0 amide bonds. The van der Waals surface area contributed by atoms with Gasteiger partial charge < -0.3 is 5.32 Å². The first kappa shape index (κ1) is 17.7. The Kier molecular flexibility index (Phi) is 4.29. The number of sulfone groups is 1. The van der Waals surface area contributed by atoms with E-state index >= 15 is 0 Å². The van der Waals surface area contributed by atoms with Gasteiger partial charge in [-0.15, -0.1) is 5.10 Å². The number of rotatable bonds is 4. The minimum atomic E-state index is -3.31. The summed E-state index contributed by atoms with van der Waals surface area (Å²) in [5, 5.41) is 16.5. The molecule has 0 bridgehead atoms. The summed E-state index contributed by atoms with van der Waals surface area (Å²) >= 11 is 0. The molecule has 4 aromatic rings. The van der Waals surface area contributed by atoms with Gasteiger partial charge in [-0.25, -0.2) is 12.9 Å². The Labute approximate surface area is 161 Å². The zero-order chi connectivity index (χ0) is 19.7. The molecule has 28 heavy (non-hydrogen) atoms. The van der Waals surface area contributed by atoms with E-state index in [0.717, 1.165) is 16.9 Å². The Bertz CT molecular complexity index is 1320. The maximum absolute atomic E-state index is 11.9. The van der Waals surface area contributed by atoms with Crippen molar-refractivity contribution in [3.05, 3.63) is 72.3 Å². The van der Waals surface area contributed by atoms with E-state index in [9.17, 15) is 8.42 Å². The summed E-state index contributed by atoms with van der Waals surface area (Å²) in [4.78, 5) is 4.71. The van der Waals surface area contributed by atoms with Crippen molar-refractivity contribution in [2.45, 2.75) is 4.90 Å². The van der Waals surface area contributed by atoms with Crippen LogP contribution in [0.15, 0.2) is 71.6 Å². The predicted octanol–water partition coefficient (Wildman–Crippen LogP) is 3.42. The Balaban J connectivity index is 1.74. The molecule has 0 unspecified atom stereocenters. The molecule has 0 saturated heterocycles. The van der Waals surface area contributed by atoms with Crippen LogP contribution in [0.5, 0.6) is 0 Å². The van der Waals surface area contributed by atoms with Gasteiger partial charge in [0.25, 0.3) is 0 Å². The summed E-state index contributed by atoms with van der Waals surface area (Å²) in [7, 11) is -3.31. The fourth-order valence-electron chi connectivity index (χ4n) is 2.82. The number of anilines is 2. The summed E-state index contributed by atoms with van der Waals surface area (Å²) in [6, 6.07) is 21.3. The quantitative estimate of drug-likeness (QED) is 0.574. The molecule has 4 rings (SSSR count). The first-order chi connectivity index (χ1) is 13.4. The second kappa shape index (κ2) is 6.79. The third-order valence-corrected chi connectivity index (χ3v) is 5.30. The predicted molar refractivity (Wildman–Crippen MR) is 106 cm³/mol. The van der Waals surface area contributed by atoms with Crippen LogP contribution in [0.1, 0.15) is 5.56 Å². The van der Waals surface area contributed by atoms with Crippen molar-refractivity contribution < 1.29 is 8.42 Å². The molecule has 0 atom stereocenters. The smallest absolute Gasteiger partial charge is 0.247 e. The van der Waals surface area contributed by atoms with Gasteiger partial charge in [0.2, 0.25) is 5.95 Å². The van der Waals surface area contributed by atoms with Gasteiger partial charge in [0.15, 0.2) is 15.5 Å². The molecule has 1 N–H and O–H groups in total. The lowest BCUT2D eigenvalue weighted by atomic mass is 10.1. The highest BCUT2D eigenvalue weighted by molar-refractivity contribution is 7.90. The molecule has 0 saturated carbocycles. The maximum atomic E-state index is 11.9. The Morgan fingerprint density at radius 1 is 1.04 bits per heavy atom. The molecule has 0 aliphatic rings. The number of aromatic nitrogens is 3. The summed E-state index contributed by atoms with van der Waals surface area (Å²) in [5.74, 6) is 0.399. The minimum absolute atomic E-state index is 0.248. The lowest BCUT2D eigenvalue weighted by molar-refractivity contribution is 0.602. The molecule has 138 valence electrons. The average molecular weight is 389 g/mol. The highest BCUT2D eigenvalue weighted by Gasteiger charge is 2.12. The number of hydrogen-bond donors (Lipinski definition) is 1. The SMILES string of the molecule is CS(=O)(=O)c1cccc(-c2cccc3nc(Nc4ccc(C#N)cc4)nn23)c1. The van der Waals surface area contributed by atoms with Gasteiger partial charge in [0.1, 0.15) is 0 Å². The van der Waals surface area contributed by atoms with Crippen LogP contribution >= 0.6 is 0 Å². The van der Waals surface area contributed by atoms with Crippen LogP contribution in [-0.2, 0) is 9.84 Å². The molecule has 0 spiro atoms. The molecular formula is C20H15N5O2S. The second-order valence-electron chi connectivity index (χ2n) is 6.23. The van der Waals surface area contributed by atoms with E-state index in [1.54, 1.807) is 47.0 Å². The van der Waals surface area contributed by atoms with Gasteiger partial charge in [0.05, 0.1) is 22.2 Å². The molecular weight excluding hydrogens is 374 g/mol. The lowest BCUT2D eigenvalue weighted by Crippen LogP contribution is -1.99. The first-order valence-corrected chi connectivity index (χ1v) is 10.3. The highest BCUT2D eigenvalue weighted by atomic mass is 32.2. The Morgan fingerprint density at radius 2 is 1.79 bits per heavy atom. The number of hydrogen-bond acceptors (Lipinski definition) is 6. The molecule has 8 heteroatoms. The van der Waals surface area contributed by atoms with Crippen LogP contribution in [0.25, 0.3) is 16.9 Å². The number of fused-ring (bicyclic) bond motifs is 1. The molecule has 2 heterocycles. The standard InChI is InChI=1S/C20H15N5O2S/c1-28(26,27)17-5-2-4-15(12-17)18-6-3-7-19-23-20(24-25(18)19)22-16-10-8-14(13-21)9-11-16/h2-12H,1H3,(H,22,24). The fourth-order valence-corrected chi connectivity index (χ4v) is 3.49. The normalized spacial score (nSPS) is 11.3. The number of nitrogens with zero attached hydrogens (tertiary/aromatic N) is 4. The molecule has 0 aliphatic heterocycles. The van der Waals surface area contributed by atoms with Crippen LogP contribution in [0.4, 0.5) is 11.6 Å². The number of nitrogens with one attached hydrogen (secondary N) is 1. The second-order valence-corrected chi connectivity index (χ2v) is 8.25. The largest absolute Gasteiger partial charge is 0.323 e. The van der Waals surface area contributed by atoms with E-state index in [1.165, 1.54) is 6.26 Å². The van der Waals surface area contributed by atoms with E-state index in [2.05, 4.69) is 21.5 Å². The fraction of sp³-hybridized carbons (Fsp3) is 0.0500. The average Bonchev–Trinajstić information content (AvgIpc) is 3.10. The highest BCUT2D eigenvalue weighted by Crippen LogP contribution is 2.24. The van der Waals surface area contributed by atoms with Gasteiger partial charge in [0, 0.05) is 17.5 Å². The van der Waals surface area contributed by atoms with Gasteiger partial charge in [-0.1, -0.05) is 18.2 Å². The van der Waals surface area contributed by atoms with Gasteiger partial charge in [-0.05, 0) is 48.5 Å². The van der Waals surface area contributed by atoms with Crippen LogP contribution < -0.4 is 5.32 Å². The third kappa shape index (κ3) is 3.43. The molecule has 0 radical (unpaired) electrons. The summed E-state index contributed by atoms with van der Waals surface area (Å²) in [6.07, 6.45) is 1.18. The summed E-state index contributed by atoms with van der Waals surface area (Å²) in [6.45, 7) is 0. The van der Waals surface area contributed by atoms with Gasteiger partial charge in [-0.3, -0.25) is 0 Å². The zero-order valence-electron chi connectivity index (χ0n) is 14.9. The summed E-state index contributed by atoms with van der Waals surface area (Å²) in [5.41, 5.74) is 3.40. The minimum Gasteiger partial charge on any atom is -0.323 e. The van der Waals surface area contributed by atoms with Crippen molar-refractivity contribution in [1.29, 1.82) is 5.26 Å². The Morgan fingerprint density at radius 3 is 2.50 bits per heavy atom. The van der Waals surface area contributed by atoms with E-state index in [4.69, 9.17) is 5.26 Å². The molecule has 2 aromatic carbocycles. The van der Waals surface area contributed by atoms with Crippen molar-refractivity contribution in [2.24, 2.45) is 0 Å². The number of benzene rings is 2. The van der Waals surface area contributed by atoms with Crippen molar-refractivity contribution in [3.8, 4) is 17.3 Å². The van der Waals surface area contributed by atoms with E-state index in [1.807, 2.05) is 24.3 Å². The third-order valence-electron chi connectivity index (χ3n) is 4.19. The van der Waals surface area contributed by atoms with Crippen molar-refractivity contribution >= 4 is 27.1 Å². The number of nitriles is 1. The van der Waals surface area contributed by atoms with E-state index < -0.39 is 9.84 Å². The first-order valence-electron chi connectivity index (χ1n) is 8.37. The van der Waals surface area contributed by atoms with Crippen LogP contribution in [0.3, 0.4) is 0 Å². The summed E-state index contributed by atoms with van der Waals surface area (Å²) < 4.78 is 25.4. The number of pyridine rings is 1. The van der Waals surface area contributed by atoms with Crippen molar-refractivity contribution in [2.75, 3.05) is 11.6 Å². The molecule has 0 aliphatic carbocycles. The van der Waals surface area contributed by atoms with Crippen LogP contribution in [0.2, 0.25) is 0 Å². The molecule has 0 fully saturated rings. The molecule has 2 aromatic heterocycles. The molecule has 7 nitrogen and oxygen atoms in total. The van der Waals surface area contributed by atoms with E-state index in [-0.39, 0.29) is 4.90 Å². The maximum Gasteiger partial charge on any atom is 0.247 e. The van der Waals surface area contributed by atoms with Crippen molar-refractivity contribution in [1.82, 2.24) is 14.6 Å². The van der Waals surface area contributed by atoms with Gasteiger partial charge >= 0.3 is 0 Å². The topological polar surface area (TPSA) is 100 Å². The van der Waals surface area contributed by atoms with Gasteiger partial charge in [-0.2, -0.15) is 10.2 Å². The van der Waals surface area contributed by atoms with Crippen molar-refractivity contribution in [3.63, 3.8) is 0 Å². The lowest BCUT2D eigenvalue weighted by Gasteiger charge is -2.06. The Hall–Kier alpha value is -3.70. The monoisotopic (exact) mass is 389 g/mol.